The molecule has 27 heavy (non-hydrogen) atoms. The number of rotatable bonds is 6. The van der Waals surface area contributed by atoms with Gasteiger partial charge < -0.3 is 9.88 Å². The highest BCUT2D eigenvalue weighted by atomic mass is 15.0. The zero-order chi connectivity index (χ0) is 18.6. The van der Waals surface area contributed by atoms with Gasteiger partial charge in [-0.2, -0.15) is 0 Å². The molecule has 4 aromatic rings. The quantitative estimate of drug-likeness (QED) is 0.437. The molecule has 3 aromatic carbocycles. The van der Waals surface area contributed by atoms with Crippen LogP contribution in [0.2, 0.25) is 0 Å². The van der Waals surface area contributed by atoms with Crippen molar-refractivity contribution in [1.29, 1.82) is 0 Å². The van der Waals surface area contributed by atoms with Crippen molar-refractivity contribution >= 4 is 10.9 Å². The molecule has 136 valence electrons. The van der Waals surface area contributed by atoms with Gasteiger partial charge in [-0.15, -0.1) is 0 Å². The van der Waals surface area contributed by atoms with Crippen molar-refractivity contribution in [1.82, 2.24) is 9.88 Å². The number of aryl methyl sites for hydroxylation is 1. The lowest BCUT2D eigenvalue weighted by Crippen LogP contribution is -2.17. The Morgan fingerprint density at radius 2 is 1.56 bits per heavy atom. The van der Waals surface area contributed by atoms with Crippen LogP contribution in [0.5, 0.6) is 0 Å². The molecule has 1 heterocycles. The van der Waals surface area contributed by atoms with Crippen LogP contribution in [0.1, 0.15) is 31.0 Å². The Balaban J connectivity index is 1.59. The summed E-state index contributed by atoms with van der Waals surface area (Å²) in [4.78, 5) is 0. The number of benzene rings is 3. The fraction of sp³-hybridized carbons (Fsp3) is 0.200. The van der Waals surface area contributed by atoms with Crippen LogP contribution in [0.3, 0.4) is 0 Å². The highest BCUT2D eigenvalue weighted by Gasteiger charge is 2.10. The minimum absolute atomic E-state index is 0.335. The average molecular weight is 354 g/mol. The lowest BCUT2D eigenvalue weighted by atomic mass is 10.1. The Morgan fingerprint density at radius 1 is 0.852 bits per heavy atom. The Morgan fingerprint density at radius 3 is 2.26 bits per heavy atom. The van der Waals surface area contributed by atoms with Crippen LogP contribution in [0.25, 0.3) is 22.2 Å². The fourth-order valence-corrected chi connectivity index (χ4v) is 3.75. The number of aromatic nitrogens is 1. The van der Waals surface area contributed by atoms with Crippen molar-refractivity contribution in [3.05, 3.63) is 96.1 Å². The first kappa shape index (κ1) is 17.6. The lowest BCUT2D eigenvalue weighted by Gasteiger charge is -2.14. The Kier molecular flexibility index (Phi) is 5.08. The maximum atomic E-state index is 3.64. The summed E-state index contributed by atoms with van der Waals surface area (Å²) in [6, 6.07) is 30.7. The molecule has 0 aliphatic rings. The van der Waals surface area contributed by atoms with E-state index in [1.165, 1.54) is 33.3 Å². The monoisotopic (exact) mass is 354 g/mol. The topological polar surface area (TPSA) is 17.0 Å². The molecular formula is C25H26N2. The molecule has 0 aliphatic heterocycles. The third-order valence-electron chi connectivity index (χ3n) is 5.26. The van der Waals surface area contributed by atoms with Crippen LogP contribution < -0.4 is 5.32 Å². The fourth-order valence-electron chi connectivity index (χ4n) is 3.75. The molecule has 0 spiro atoms. The van der Waals surface area contributed by atoms with Crippen LogP contribution in [-0.2, 0) is 13.1 Å². The van der Waals surface area contributed by atoms with Crippen molar-refractivity contribution in [3.8, 4) is 11.3 Å². The van der Waals surface area contributed by atoms with E-state index >= 15 is 0 Å². The second-order valence-electron chi connectivity index (χ2n) is 7.05. The van der Waals surface area contributed by atoms with E-state index in [0.717, 1.165) is 13.1 Å². The molecule has 2 heteroatoms. The molecule has 0 aliphatic carbocycles. The van der Waals surface area contributed by atoms with Gasteiger partial charge in [0.1, 0.15) is 0 Å². The van der Waals surface area contributed by atoms with Gasteiger partial charge in [-0.3, -0.25) is 0 Å². The number of fused-ring (bicyclic) bond motifs is 1. The summed E-state index contributed by atoms with van der Waals surface area (Å²) in [5.74, 6) is 0. The highest BCUT2D eigenvalue weighted by Crippen LogP contribution is 2.29. The molecule has 0 fully saturated rings. The lowest BCUT2D eigenvalue weighted by molar-refractivity contribution is 0.575. The van der Waals surface area contributed by atoms with Crippen molar-refractivity contribution < 1.29 is 0 Å². The Bertz CT molecular complexity index is 1020. The molecule has 4 rings (SSSR count). The summed E-state index contributed by atoms with van der Waals surface area (Å²) in [7, 11) is 0. The maximum absolute atomic E-state index is 3.64. The number of nitrogens with zero attached hydrogens (tertiary/aromatic N) is 1. The number of hydrogen-bond donors (Lipinski definition) is 1. The van der Waals surface area contributed by atoms with E-state index in [2.05, 4.69) is 109 Å². The van der Waals surface area contributed by atoms with E-state index in [1.54, 1.807) is 0 Å². The van der Waals surface area contributed by atoms with E-state index in [-0.39, 0.29) is 0 Å². The molecule has 2 nitrogen and oxygen atoms in total. The van der Waals surface area contributed by atoms with E-state index in [0.29, 0.717) is 6.04 Å². The van der Waals surface area contributed by atoms with Gasteiger partial charge in [0.15, 0.2) is 0 Å². The summed E-state index contributed by atoms with van der Waals surface area (Å²) >= 11 is 0. The predicted molar refractivity (Wildman–Crippen MR) is 115 cm³/mol. The minimum atomic E-state index is 0.335. The summed E-state index contributed by atoms with van der Waals surface area (Å²) < 4.78 is 2.40. The molecule has 1 N–H and O–H groups in total. The van der Waals surface area contributed by atoms with Crippen LogP contribution >= 0.6 is 0 Å². The third kappa shape index (κ3) is 3.67. The maximum Gasteiger partial charge on any atom is 0.0491 e. The molecule has 0 amide bonds. The smallest absolute Gasteiger partial charge is 0.0491 e. The molecule has 1 atom stereocenters. The first-order valence-electron chi connectivity index (χ1n) is 9.72. The molecule has 0 radical (unpaired) electrons. The van der Waals surface area contributed by atoms with Gasteiger partial charge in [-0.05, 0) is 48.7 Å². The molecule has 1 unspecified atom stereocenters. The Hall–Kier alpha value is -2.84. The summed E-state index contributed by atoms with van der Waals surface area (Å²) in [5.41, 5.74) is 6.50. The van der Waals surface area contributed by atoms with E-state index in [9.17, 15) is 0 Å². The largest absolute Gasteiger partial charge is 0.341 e. The number of nitrogens with one attached hydrogen (secondary N) is 1. The van der Waals surface area contributed by atoms with Crippen molar-refractivity contribution in [2.45, 2.75) is 33.0 Å². The second kappa shape index (κ2) is 7.81. The highest BCUT2D eigenvalue weighted by molar-refractivity contribution is 5.87. The van der Waals surface area contributed by atoms with Crippen LogP contribution in [0.15, 0.2) is 84.9 Å². The van der Waals surface area contributed by atoms with Crippen molar-refractivity contribution in [2.24, 2.45) is 0 Å². The van der Waals surface area contributed by atoms with Gasteiger partial charge in [0.2, 0.25) is 0 Å². The summed E-state index contributed by atoms with van der Waals surface area (Å²) in [5, 5.41) is 4.95. The zero-order valence-electron chi connectivity index (χ0n) is 16.0. The van der Waals surface area contributed by atoms with Crippen LogP contribution in [0.4, 0.5) is 0 Å². The van der Waals surface area contributed by atoms with Gasteiger partial charge in [-0.1, -0.05) is 66.7 Å². The molecule has 0 saturated carbocycles. The number of hydrogen-bond acceptors (Lipinski definition) is 1. The van der Waals surface area contributed by atoms with Crippen LogP contribution in [0, 0.1) is 0 Å². The molecular weight excluding hydrogens is 328 g/mol. The van der Waals surface area contributed by atoms with Gasteiger partial charge in [0.25, 0.3) is 0 Å². The first-order valence-corrected chi connectivity index (χ1v) is 9.72. The van der Waals surface area contributed by atoms with Crippen molar-refractivity contribution in [3.63, 3.8) is 0 Å². The van der Waals surface area contributed by atoms with Crippen LogP contribution in [-0.4, -0.2) is 4.57 Å². The first-order chi connectivity index (χ1) is 13.3. The van der Waals surface area contributed by atoms with E-state index < -0.39 is 0 Å². The van der Waals surface area contributed by atoms with Gasteiger partial charge in [0, 0.05) is 35.7 Å². The van der Waals surface area contributed by atoms with Crippen molar-refractivity contribution in [2.75, 3.05) is 0 Å². The molecule has 1 aromatic heterocycles. The zero-order valence-corrected chi connectivity index (χ0v) is 16.0. The standard InChI is InChI=1S/C25H26N2/c1-3-27-24-15-14-20(18-26-19(2)21-10-6-4-7-11-21)16-23(24)17-25(27)22-12-8-5-9-13-22/h4-17,19,26H,3,18H2,1-2H3. The van der Waals surface area contributed by atoms with Gasteiger partial charge in [-0.25, -0.2) is 0 Å². The third-order valence-corrected chi connectivity index (χ3v) is 5.26. The predicted octanol–water partition coefficient (Wildman–Crippen LogP) is 6.18. The molecule has 0 bridgehead atoms. The summed E-state index contributed by atoms with van der Waals surface area (Å²) in [6.45, 7) is 6.26. The minimum Gasteiger partial charge on any atom is -0.341 e. The summed E-state index contributed by atoms with van der Waals surface area (Å²) in [6.07, 6.45) is 0. The van der Waals surface area contributed by atoms with E-state index in [4.69, 9.17) is 0 Å². The van der Waals surface area contributed by atoms with E-state index in [1.807, 2.05) is 0 Å². The normalized spacial score (nSPS) is 12.4. The Labute approximate surface area is 161 Å². The van der Waals surface area contributed by atoms with Gasteiger partial charge >= 0.3 is 0 Å². The average Bonchev–Trinajstić information content (AvgIpc) is 3.11. The van der Waals surface area contributed by atoms with Gasteiger partial charge in [0.05, 0.1) is 0 Å². The SMILES string of the molecule is CCn1c(-c2ccccc2)cc2cc(CNC(C)c3ccccc3)ccc21. The molecule has 0 saturated heterocycles. The second-order valence-corrected chi connectivity index (χ2v) is 7.05.